The van der Waals surface area contributed by atoms with Crippen LogP contribution in [-0.4, -0.2) is 52.9 Å². The summed E-state index contributed by atoms with van der Waals surface area (Å²) in [5.74, 6) is 1.38. The smallest absolute Gasteiger partial charge is 0.227 e. The van der Waals surface area contributed by atoms with Gasteiger partial charge >= 0.3 is 0 Å². The summed E-state index contributed by atoms with van der Waals surface area (Å²) in [6, 6.07) is 17.6. The molecular formula is C27H30N6O2. The molecule has 2 heterocycles. The van der Waals surface area contributed by atoms with Crippen molar-refractivity contribution in [3.05, 3.63) is 60.8 Å². The van der Waals surface area contributed by atoms with Crippen LogP contribution in [0.15, 0.2) is 60.8 Å². The van der Waals surface area contributed by atoms with Crippen molar-refractivity contribution in [1.29, 1.82) is 0 Å². The van der Waals surface area contributed by atoms with E-state index >= 15 is 0 Å². The highest BCUT2D eigenvalue weighted by molar-refractivity contribution is 5.88. The van der Waals surface area contributed by atoms with Gasteiger partial charge in [0.15, 0.2) is 0 Å². The van der Waals surface area contributed by atoms with E-state index in [-0.39, 0.29) is 5.91 Å². The highest BCUT2D eigenvalue weighted by atomic mass is 16.2. The molecule has 8 nitrogen and oxygen atoms in total. The Balaban J connectivity index is 1.18. The predicted molar refractivity (Wildman–Crippen MR) is 138 cm³/mol. The van der Waals surface area contributed by atoms with Crippen LogP contribution in [0.4, 0.5) is 23.0 Å². The van der Waals surface area contributed by atoms with Crippen molar-refractivity contribution in [2.45, 2.75) is 26.2 Å². The fraction of sp³-hybridized carbons (Fsp3) is 0.333. The second kappa shape index (κ2) is 10.1. The summed E-state index contributed by atoms with van der Waals surface area (Å²) < 4.78 is 0. The number of piperazine rings is 1. The molecule has 0 bridgehead atoms. The Hall–Kier alpha value is -3.94. The number of carbonyl (C=O) groups is 2. The van der Waals surface area contributed by atoms with E-state index in [1.807, 2.05) is 47.4 Å². The van der Waals surface area contributed by atoms with Crippen LogP contribution in [0.5, 0.6) is 0 Å². The van der Waals surface area contributed by atoms with E-state index in [0.29, 0.717) is 17.8 Å². The number of amides is 2. The number of aromatic nitrogens is 2. The SMILES string of the molecule is CC(=O)Nc1ccc(-c2ccnc(Nc3ccc(N4CCN(C(=O)CC5CC5)CC4)cc3)n2)cc1. The molecule has 180 valence electrons. The summed E-state index contributed by atoms with van der Waals surface area (Å²) in [7, 11) is 0. The average molecular weight is 471 g/mol. The maximum Gasteiger partial charge on any atom is 0.227 e. The maximum atomic E-state index is 12.3. The first kappa shape index (κ1) is 22.8. The van der Waals surface area contributed by atoms with Crippen LogP contribution in [0.3, 0.4) is 0 Å². The molecule has 2 amide bonds. The Morgan fingerprint density at radius 2 is 1.60 bits per heavy atom. The van der Waals surface area contributed by atoms with Crippen molar-refractivity contribution in [2.75, 3.05) is 41.7 Å². The lowest BCUT2D eigenvalue weighted by atomic mass is 10.1. The van der Waals surface area contributed by atoms with E-state index in [2.05, 4.69) is 37.6 Å². The largest absolute Gasteiger partial charge is 0.368 e. The van der Waals surface area contributed by atoms with Gasteiger partial charge < -0.3 is 20.4 Å². The maximum absolute atomic E-state index is 12.3. The van der Waals surface area contributed by atoms with Gasteiger partial charge in [0, 0.05) is 68.3 Å². The van der Waals surface area contributed by atoms with Gasteiger partial charge in [-0.2, -0.15) is 0 Å². The first-order valence-electron chi connectivity index (χ1n) is 12.1. The monoisotopic (exact) mass is 470 g/mol. The third-order valence-electron chi connectivity index (χ3n) is 6.44. The summed E-state index contributed by atoms with van der Waals surface area (Å²) >= 11 is 0. The number of benzene rings is 2. The molecule has 1 saturated carbocycles. The lowest BCUT2D eigenvalue weighted by Crippen LogP contribution is -2.48. The van der Waals surface area contributed by atoms with Crippen molar-refractivity contribution >= 4 is 34.8 Å². The van der Waals surface area contributed by atoms with Crippen molar-refractivity contribution < 1.29 is 9.59 Å². The number of anilines is 4. The van der Waals surface area contributed by atoms with Gasteiger partial charge in [0.1, 0.15) is 0 Å². The molecule has 5 rings (SSSR count). The van der Waals surface area contributed by atoms with Gasteiger partial charge in [-0.3, -0.25) is 9.59 Å². The Labute approximate surface area is 205 Å². The zero-order valence-corrected chi connectivity index (χ0v) is 19.9. The molecule has 2 aromatic carbocycles. The summed E-state index contributed by atoms with van der Waals surface area (Å²) in [5, 5.41) is 6.04. The number of rotatable bonds is 7. The highest BCUT2D eigenvalue weighted by Crippen LogP contribution is 2.33. The number of nitrogens with one attached hydrogen (secondary N) is 2. The summed E-state index contributed by atoms with van der Waals surface area (Å²) in [4.78, 5) is 36.9. The fourth-order valence-corrected chi connectivity index (χ4v) is 4.30. The zero-order valence-electron chi connectivity index (χ0n) is 19.9. The molecule has 0 atom stereocenters. The molecule has 2 aliphatic rings. The Morgan fingerprint density at radius 1 is 0.914 bits per heavy atom. The molecule has 1 aliphatic carbocycles. The van der Waals surface area contributed by atoms with Gasteiger partial charge in [0.25, 0.3) is 0 Å². The average Bonchev–Trinajstić information content (AvgIpc) is 3.69. The number of hydrogen-bond donors (Lipinski definition) is 2. The standard InChI is InChI=1S/C27H30N6O2/c1-19(34)29-22-6-4-21(5-7-22)25-12-13-28-27(31-25)30-23-8-10-24(11-9-23)32-14-16-33(17-15-32)26(35)18-20-2-3-20/h4-13,20H,2-3,14-18H2,1H3,(H,29,34)(H,28,30,31). The lowest BCUT2D eigenvalue weighted by Gasteiger charge is -2.36. The number of nitrogens with zero attached hydrogens (tertiary/aromatic N) is 4. The third kappa shape index (κ3) is 5.95. The first-order chi connectivity index (χ1) is 17.0. The van der Waals surface area contributed by atoms with Crippen LogP contribution < -0.4 is 15.5 Å². The van der Waals surface area contributed by atoms with Gasteiger partial charge in [-0.25, -0.2) is 9.97 Å². The molecule has 35 heavy (non-hydrogen) atoms. The van der Waals surface area contributed by atoms with Crippen molar-refractivity contribution in [3.63, 3.8) is 0 Å². The summed E-state index contributed by atoms with van der Waals surface area (Å²) in [6.45, 7) is 4.78. The van der Waals surface area contributed by atoms with Gasteiger partial charge in [-0.05, 0) is 61.2 Å². The van der Waals surface area contributed by atoms with E-state index in [9.17, 15) is 9.59 Å². The number of hydrogen-bond acceptors (Lipinski definition) is 6. The highest BCUT2D eigenvalue weighted by Gasteiger charge is 2.28. The second-order valence-electron chi connectivity index (χ2n) is 9.21. The van der Waals surface area contributed by atoms with Crippen LogP contribution in [0.2, 0.25) is 0 Å². The van der Waals surface area contributed by atoms with Gasteiger partial charge in [-0.1, -0.05) is 12.1 Å². The zero-order chi connectivity index (χ0) is 24.2. The lowest BCUT2D eigenvalue weighted by molar-refractivity contribution is -0.131. The first-order valence-corrected chi connectivity index (χ1v) is 12.1. The van der Waals surface area contributed by atoms with Crippen LogP contribution in [0, 0.1) is 5.92 Å². The van der Waals surface area contributed by atoms with Crippen molar-refractivity contribution in [2.24, 2.45) is 5.92 Å². The van der Waals surface area contributed by atoms with E-state index in [4.69, 9.17) is 0 Å². The van der Waals surface area contributed by atoms with Crippen molar-refractivity contribution in [3.8, 4) is 11.3 Å². The van der Waals surface area contributed by atoms with Crippen LogP contribution in [0.1, 0.15) is 26.2 Å². The quantitative estimate of drug-likeness (QED) is 0.535. The Kier molecular flexibility index (Phi) is 6.61. The topological polar surface area (TPSA) is 90.5 Å². The van der Waals surface area contributed by atoms with E-state index in [1.165, 1.54) is 19.8 Å². The number of carbonyl (C=O) groups excluding carboxylic acids is 2. The van der Waals surface area contributed by atoms with E-state index in [1.54, 1.807) is 6.20 Å². The minimum Gasteiger partial charge on any atom is -0.368 e. The van der Waals surface area contributed by atoms with Crippen LogP contribution in [0.25, 0.3) is 11.3 Å². The molecular weight excluding hydrogens is 440 g/mol. The molecule has 1 saturated heterocycles. The molecule has 3 aromatic rings. The fourth-order valence-electron chi connectivity index (χ4n) is 4.30. The normalized spacial score (nSPS) is 15.6. The van der Waals surface area contributed by atoms with Crippen molar-refractivity contribution in [1.82, 2.24) is 14.9 Å². The third-order valence-corrected chi connectivity index (χ3v) is 6.44. The van der Waals surface area contributed by atoms with Gasteiger partial charge in [0.05, 0.1) is 5.69 Å². The molecule has 1 aliphatic heterocycles. The van der Waals surface area contributed by atoms with Crippen LogP contribution in [-0.2, 0) is 9.59 Å². The van der Waals surface area contributed by atoms with Crippen LogP contribution >= 0.6 is 0 Å². The molecule has 2 fully saturated rings. The summed E-state index contributed by atoms with van der Waals surface area (Å²) in [6.07, 6.45) is 4.89. The molecule has 8 heteroatoms. The molecule has 2 N–H and O–H groups in total. The molecule has 1 aromatic heterocycles. The minimum atomic E-state index is -0.0986. The van der Waals surface area contributed by atoms with E-state index in [0.717, 1.165) is 60.9 Å². The second-order valence-corrected chi connectivity index (χ2v) is 9.21. The van der Waals surface area contributed by atoms with Gasteiger partial charge in [0.2, 0.25) is 17.8 Å². The van der Waals surface area contributed by atoms with Gasteiger partial charge in [-0.15, -0.1) is 0 Å². The Morgan fingerprint density at radius 3 is 2.26 bits per heavy atom. The molecule has 0 unspecified atom stereocenters. The summed E-state index contributed by atoms with van der Waals surface area (Å²) in [5.41, 5.74) is 4.54. The van der Waals surface area contributed by atoms with E-state index < -0.39 is 0 Å². The molecule has 0 spiro atoms. The predicted octanol–water partition coefficient (Wildman–Crippen LogP) is 4.29. The Bertz CT molecular complexity index is 1180. The minimum absolute atomic E-state index is 0.0986. The molecule has 0 radical (unpaired) electrons.